The van der Waals surface area contributed by atoms with Gasteiger partial charge in [-0.15, -0.1) is 0 Å². The average molecular weight is 324 g/mol. The summed E-state index contributed by atoms with van der Waals surface area (Å²) in [4.78, 5) is 33.4. The summed E-state index contributed by atoms with van der Waals surface area (Å²) in [6, 6.07) is 4.20. The van der Waals surface area contributed by atoms with Gasteiger partial charge in [-0.1, -0.05) is 0 Å². The molecule has 1 rings (SSSR count). The lowest BCUT2D eigenvalue weighted by molar-refractivity contribution is -0.137. The Morgan fingerprint density at radius 2 is 2.00 bits per heavy atom. The van der Waals surface area contributed by atoms with Gasteiger partial charge in [-0.25, -0.2) is 0 Å². The maximum absolute atomic E-state index is 12.1. The minimum absolute atomic E-state index is 0.0232. The number of carboxylic acid groups (broad SMARTS) is 1. The zero-order valence-electron chi connectivity index (χ0n) is 13.0. The van der Waals surface area contributed by atoms with Crippen molar-refractivity contribution in [2.75, 3.05) is 13.7 Å². The van der Waals surface area contributed by atoms with E-state index in [1.807, 2.05) is 0 Å². The van der Waals surface area contributed by atoms with Gasteiger partial charge in [0.2, 0.25) is 0 Å². The van der Waals surface area contributed by atoms with Gasteiger partial charge in [0.05, 0.1) is 7.11 Å². The van der Waals surface area contributed by atoms with Crippen LogP contribution in [0.25, 0.3) is 0 Å². The molecule has 0 aliphatic rings. The molecule has 0 aliphatic carbocycles. The molecule has 1 aromatic carbocycles. The number of hydrogen-bond acceptors (Lipinski definition) is 5. The predicted octanol–water partition coefficient (Wildman–Crippen LogP) is 0.542. The number of ether oxygens (including phenoxy) is 2. The maximum atomic E-state index is 12.1. The van der Waals surface area contributed by atoms with Crippen LogP contribution in [0.1, 0.15) is 30.1 Å². The molecular formula is C15H20N2O6. The maximum Gasteiger partial charge on any atom is 0.303 e. The highest BCUT2D eigenvalue weighted by molar-refractivity contribution is 5.95. The monoisotopic (exact) mass is 324 g/mol. The van der Waals surface area contributed by atoms with Gasteiger partial charge in [0.25, 0.3) is 11.8 Å². The summed E-state index contributed by atoms with van der Waals surface area (Å²) in [5.74, 6) is -1.31. The lowest BCUT2D eigenvalue weighted by Crippen LogP contribution is -2.32. The lowest BCUT2D eigenvalue weighted by Gasteiger charge is -2.14. The van der Waals surface area contributed by atoms with Crippen LogP contribution in [0.3, 0.4) is 0 Å². The molecule has 0 heterocycles. The average Bonchev–Trinajstić information content (AvgIpc) is 2.50. The van der Waals surface area contributed by atoms with Gasteiger partial charge < -0.3 is 25.6 Å². The molecule has 0 aromatic heterocycles. The highest BCUT2D eigenvalue weighted by Gasteiger charge is 2.14. The summed E-state index contributed by atoms with van der Waals surface area (Å²) < 4.78 is 10.3. The van der Waals surface area contributed by atoms with Crippen molar-refractivity contribution in [3.63, 3.8) is 0 Å². The normalized spacial score (nSPS) is 11.4. The molecule has 0 fully saturated rings. The topological polar surface area (TPSA) is 128 Å². The third-order valence-corrected chi connectivity index (χ3v) is 2.96. The van der Waals surface area contributed by atoms with Crippen LogP contribution in [0, 0.1) is 0 Å². The number of nitrogens with two attached hydrogens (primary N) is 1. The fourth-order valence-electron chi connectivity index (χ4n) is 1.80. The van der Waals surface area contributed by atoms with E-state index in [0.717, 1.165) is 0 Å². The van der Waals surface area contributed by atoms with Crippen LogP contribution in [-0.4, -0.2) is 42.6 Å². The Kier molecular flexibility index (Phi) is 6.85. The second-order valence-electron chi connectivity index (χ2n) is 4.93. The molecule has 2 amide bonds. The first-order chi connectivity index (χ1) is 10.8. The van der Waals surface area contributed by atoms with Crippen molar-refractivity contribution in [1.82, 2.24) is 5.32 Å². The molecular weight excluding hydrogens is 304 g/mol. The van der Waals surface area contributed by atoms with Crippen molar-refractivity contribution >= 4 is 17.8 Å². The van der Waals surface area contributed by atoms with E-state index in [-0.39, 0.29) is 30.7 Å². The largest absolute Gasteiger partial charge is 0.493 e. The van der Waals surface area contributed by atoms with E-state index in [0.29, 0.717) is 17.7 Å². The highest BCUT2D eigenvalue weighted by atomic mass is 16.5. The molecule has 126 valence electrons. The molecule has 1 unspecified atom stereocenters. The Hall–Kier alpha value is -2.77. The van der Waals surface area contributed by atoms with Crippen LogP contribution in [-0.2, 0) is 9.59 Å². The first kappa shape index (κ1) is 18.3. The molecule has 23 heavy (non-hydrogen) atoms. The van der Waals surface area contributed by atoms with E-state index < -0.39 is 11.9 Å². The summed E-state index contributed by atoms with van der Waals surface area (Å²) in [6.07, 6.45) is 0.308. The number of hydrogen-bond donors (Lipinski definition) is 3. The molecule has 0 saturated carbocycles. The van der Waals surface area contributed by atoms with E-state index in [9.17, 15) is 14.4 Å². The second-order valence-corrected chi connectivity index (χ2v) is 4.93. The Bertz CT molecular complexity index is 587. The zero-order chi connectivity index (χ0) is 17.4. The van der Waals surface area contributed by atoms with Gasteiger partial charge in [-0.3, -0.25) is 14.4 Å². The Morgan fingerprint density at radius 3 is 2.57 bits per heavy atom. The van der Waals surface area contributed by atoms with Gasteiger partial charge in [-0.2, -0.15) is 0 Å². The molecule has 0 aliphatic heterocycles. The van der Waals surface area contributed by atoms with Crippen LogP contribution < -0.4 is 20.5 Å². The van der Waals surface area contributed by atoms with Crippen LogP contribution in [0.5, 0.6) is 11.5 Å². The van der Waals surface area contributed by atoms with E-state index in [4.69, 9.17) is 20.3 Å². The van der Waals surface area contributed by atoms with Crippen LogP contribution in [0.15, 0.2) is 18.2 Å². The number of benzene rings is 1. The number of rotatable bonds is 9. The molecule has 1 atom stereocenters. The highest BCUT2D eigenvalue weighted by Crippen LogP contribution is 2.28. The number of aliphatic carboxylic acids is 1. The van der Waals surface area contributed by atoms with Crippen LogP contribution >= 0.6 is 0 Å². The molecule has 0 radical (unpaired) electrons. The smallest absolute Gasteiger partial charge is 0.303 e. The minimum atomic E-state index is -0.913. The number of carboxylic acids is 1. The van der Waals surface area contributed by atoms with Gasteiger partial charge in [0, 0.05) is 18.0 Å². The van der Waals surface area contributed by atoms with Crippen molar-refractivity contribution in [1.29, 1.82) is 0 Å². The Morgan fingerprint density at radius 1 is 1.30 bits per heavy atom. The zero-order valence-corrected chi connectivity index (χ0v) is 13.0. The number of carbonyl (C=O) groups excluding carboxylic acids is 2. The number of amides is 2. The molecule has 4 N–H and O–H groups in total. The molecule has 8 heteroatoms. The second kappa shape index (κ2) is 8.62. The van der Waals surface area contributed by atoms with Crippen molar-refractivity contribution in [3.8, 4) is 11.5 Å². The standard InChI is InChI=1S/C15H20N2O6/c1-9(3-6-14(19)20)17-15(21)10-4-5-11(12(7-10)22-2)23-8-13(16)18/h4-5,7,9H,3,6,8H2,1-2H3,(H2,16,18)(H,17,21)(H,19,20). The van der Waals surface area contributed by atoms with E-state index >= 15 is 0 Å². The molecule has 0 spiro atoms. The van der Waals surface area contributed by atoms with Gasteiger partial charge in [0.1, 0.15) is 0 Å². The number of carbonyl (C=O) groups is 3. The molecule has 0 saturated heterocycles. The SMILES string of the molecule is COc1cc(C(=O)NC(C)CCC(=O)O)ccc1OCC(N)=O. The summed E-state index contributed by atoms with van der Waals surface area (Å²) in [6.45, 7) is 1.43. The van der Waals surface area contributed by atoms with Crippen molar-refractivity contribution in [3.05, 3.63) is 23.8 Å². The number of methoxy groups -OCH3 is 1. The first-order valence-electron chi connectivity index (χ1n) is 6.95. The third kappa shape index (κ3) is 6.25. The Balaban J connectivity index is 2.74. The molecule has 0 bridgehead atoms. The summed E-state index contributed by atoms with van der Waals surface area (Å²) in [7, 11) is 1.41. The lowest BCUT2D eigenvalue weighted by atomic mass is 10.1. The summed E-state index contributed by atoms with van der Waals surface area (Å²) in [5.41, 5.74) is 5.33. The molecule has 1 aromatic rings. The van der Waals surface area contributed by atoms with Crippen molar-refractivity contribution in [2.24, 2.45) is 5.73 Å². The van der Waals surface area contributed by atoms with Gasteiger partial charge in [-0.05, 0) is 31.5 Å². The first-order valence-corrected chi connectivity index (χ1v) is 6.95. The molecule has 8 nitrogen and oxygen atoms in total. The van der Waals surface area contributed by atoms with Crippen molar-refractivity contribution < 1.29 is 29.0 Å². The van der Waals surface area contributed by atoms with E-state index in [1.54, 1.807) is 6.92 Å². The fraction of sp³-hybridized carbons (Fsp3) is 0.400. The minimum Gasteiger partial charge on any atom is -0.493 e. The predicted molar refractivity (Wildman–Crippen MR) is 81.5 cm³/mol. The number of nitrogens with one attached hydrogen (secondary N) is 1. The van der Waals surface area contributed by atoms with E-state index in [2.05, 4.69) is 5.32 Å². The quantitative estimate of drug-likeness (QED) is 0.608. The Labute approximate surface area is 133 Å². The summed E-state index contributed by atoms with van der Waals surface area (Å²) >= 11 is 0. The van der Waals surface area contributed by atoms with Crippen LogP contribution in [0.4, 0.5) is 0 Å². The van der Waals surface area contributed by atoms with Crippen LogP contribution in [0.2, 0.25) is 0 Å². The third-order valence-electron chi connectivity index (χ3n) is 2.96. The summed E-state index contributed by atoms with van der Waals surface area (Å²) in [5, 5.41) is 11.3. The van der Waals surface area contributed by atoms with Crippen molar-refractivity contribution in [2.45, 2.75) is 25.8 Å². The number of primary amides is 1. The van der Waals surface area contributed by atoms with Gasteiger partial charge >= 0.3 is 5.97 Å². The van der Waals surface area contributed by atoms with Gasteiger partial charge in [0.15, 0.2) is 18.1 Å². The van der Waals surface area contributed by atoms with E-state index in [1.165, 1.54) is 25.3 Å². The fourth-order valence-corrected chi connectivity index (χ4v) is 1.80.